The third kappa shape index (κ3) is 3.88. The molecule has 0 unspecified atom stereocenters. The van der Waals surface area contributed by atoms with E-state index >= 15 is 0 Å². The third-order valence-electron chi connectivity index (χ3n) is 5.72. The van der Waals surface area contributed by atoms with Crippen LogP contribution in [0, 0.1) is 11.2 Å². The van der Waals surface area contributed by atoms with Crippen molar-refractivity contribution in [2.75, 3.05) is 19.6 Å². The fourth-order valence-electron chi connectivity index (χ4n) is 3.98. The summed E-state index contributed by atoms with van der Waals surface area (Å²) in [5, 5.41) is 10.1. The van der Waals surface area contributed by atoms with Gasteiger partial charge in [-0.15, -0.1) is 0 Å². The van der Waals surface area contributed by atoms with Crippen LogP contribution in [0.2, 0.25) is 0 Å². The molecule has 6 nitrogen and oxygen atoms in total. The van der Waals surface area contributed by atoms with Crippen molar-refractivity contribution >= 4 is 5.91 Å². The molecule has 0 atom stereocenters. The Morgan fingerprint density at radius 2 is 2.07 bits per heavy atom. The van der Waals surface area contributed by atoms with Crippen molar-refractivity contribution in [3.8, 4) is 0 Å². The molecule has 27 heavy (non-hydrogen) atoms. The number of rotatable bonds is 7. The minimum atomic E-state index is -0.589. The number of halogens is 1. The maximum absolute atomic E-state index is 14.0. The summed E-state index contributed by atoms with van der Waals surface area (Å²) in [6.45, 7) is 1.56. The van der Waals surface area contributed by atoms with Crippen molar-refractivity contribution in [3.63, 3.8) is 0 Å². The molecule has 4 rings (SSSR count). The monoisotopic (exact) mass is 372 g/mol. The predicted octanol–water partition coefficient (Wildman–Crippen LogP) is 2.36. The quantitative estimate of drug-likeness (QED) is 0.780. The van der Waals surface area contributed by atoms with Crippen LogP contribution in [0.25, 0.3) is 0 Å². The van der Waals surface area contributed by atoms with Gasteiger partial charge in [0.15, 0.2) is 5.82 Å². The standard InChI is InChI=1S/C20H25FN4O2/c21-16-8-4-3-7-15(16)11-20(12-22-13-20)19(26)23-10-9-17-24-18(27-25-17)14-5-1-2-6-14/h3-4,7-8,14,22H,1-2,5-6,9-13H2,(H,23,26). The van der Waals surface area contributed by atoms with E-state index in [-0.39, 0.29) is 11.7 Å². The van der Waals surface area contributed by atoms with Gasteiger partial charge in [-0.1, -0.05) is 36.2 Å². The van der Waals surface area contributed by atoms with Crippen LogP contribution < -0.4 is 10.6 Å². The van der Waals surface area contributed by atoms with Crippen LogP contribution in [0.15, 0.2) is 28.8 Å². The Kier molecular flexibility index (Phi) is 5.20. The summed E-state index contributed by atoms with van der Waals surface area (Å²) in [5.41, 5.74) is -0.0115. The van der Waals surface area contributed by atoms with Crippen LogP contribution >= 0.6 is 0 Å². The van der Waals surface area contributed by atoms with Gasteiger partial charge in [0.1, 0.15) is 5.82 Å². The van der Waals surface area contributed by atoms with Gasteiger partial charge >= 0.3 is 0 Å². The van der Waals surface area contributed by atoms with Gasteiger partial charge in [0, 0.05) is 32.0 Å². The minimum absolute atomic E-state index is 0.0518. The molecule has 1 aliphatic carbocycles. The van der Waals surface area contributed by atoms with E-state index < -0.39 is 5.41 Å². The molecule has 0 spiro atoms. The lowest BCUT2D eigenvalue weighted by molar-refractivity contribution is -0.133. The lowest BCUT2D eigenvalue weighted by atomic mass is 9.75. The number of hydrogen-bond acceptors (Lipinski definition) is 5. The first kappa shape index (κ1) is 18.1. The Morgan fingerprint density at radius 1 is 1.30 bits per heavy atom. The molecule has 1 amide bonds. The first-order valence-electron chi connectivity index (χ1n) is 9.71. The minimum Gasteiger partial charge on any atom is -0.355 e. The zero-order chi connectivity index (χ0) is 18.7. The maximum Gasteiger partial charge on any atom is 0.229 e. The van der Waals surface area contributed by atoms with Gasteiger partial charge in [-0.3, -0.25) is 4.79 Å². The van der Waals surface area contributed by atoms with Gasteiger partial charge in [-0.25, -0.2) is 4.39 Å². The summed E-state index contributed by atoms with van der Waals surface area (Å²) in [6, 6.07) is 6.64. The number of hydrogen-bond donors (Lipinski definition) is 2. The Hall–Kier alpha value is -2.28. The lowest BCUT2D eigenvalue weighted by Crippen LogP contribution is -2.62. The van der Waals surface area contributed by atoms with Crippen LogP contribution in [0.1, 0.15) is 48.9 Å². The molecular weight excluding hydrogens is 347 g/mol. The van der Waals surface area contributed by atoms with E-state index in [1.807, 2.05) is 0 Å². The second-order valence-corrected chi connectivity index (χ2v) is 7.69. The van der Waals surface area contributed by atoms with E-state index in [0.717, 1.165) is 18.7 Å². The summed E-state index contributed by atoms with van der Waals surface area (Å²) in [4.78, 5) is 17.2. The molecule has 1 saturated carbocycles. The van der Waals surface area contributed by atoms with E-state index in [0.29, 0.717) is 49.8 Å². The molecule has 1 aromatic heterocycles. The Morgan fingerprint density at radius 3 is 2.78 bits per heavy atom. The zero-order valence-electron chi connectivity index (χ0n) is 15.3. The predicted molar refractivity (Wildman–Crippen MR) is 97.6 cm³/mol. The second kappa shape index (κ2) is 7.76. The normalized spacial score (nSPS) is 19.0. The number of nitrogens with one attached hydrogen (secondary N) is 2. The largest absolute Gasteiger partial charge is 0.355 e. The van der Waals surface area contributed by atoms with Crippen molar-refractivity contribution in [1.29, 1.82) is 0 Å². The molecule has 0 radical (unpaired) electrons. The van der Waals surface area contributed by atoms with Crippen molar-refractivity contribution in [2.45, 2.75) is 44.4 Å². The smallest absolute Gasteiger partial charge is 0.229 e. The van der Waals surface area contributed by atoms with Crippen LogP contribution in [-0.2, 0) is 17.6 Å². The molecular formula is C20H25FN4O2. The van der Waals surface area contributed by atoms with Crippen molar-refractivity contribution < 1.29 is 13.7 Å². The summed E-state index contributed by atoms with van der Waals surface area (Å²) in [7, 11) is 0. The highest BCUT2D eigenvalue weighted by Gasteiger charge is 2.44. The van der Waals surface area contributed by atoms with Gasteiger partial charge in [-0.2, -0.15) is 4.98 Å². The van der Waals surface area contributed by atoms with Gasteiger partial charge in [0.25, 0.3) is 0 Å². The molecule has 2 heterocycles. The van der Waals surface area contributed by atoms with Gasteiger partial charge in [0.05, 0.1) is 5.41 Å². The number of carbonyl (C=O) groups is 1. The summed E-state index contributed by atoms with van der Waals surface area (Å²) >= 11 is 0. The molecule has 7 heteroatoms. The number of carbonyl (C=O) groups excluding carboxylic acids is 1. The van der Waals surface area contributed by atoms with Crippen LogP contribution in [0.5, 0.6) is 0 Å². The molecule has 1 saturated heterocycles. The number of nitrogens with zero attached hydrogens (tertiary/aromatic N) is 2. The molecule has 144 valence electrons. The molecule has 1 aliphatic heterocycles. The van der Waals surface area contributed by atoms with Gasteiger partial charge < -0.3 is 15.2 Å². The highest BCUT2D eigenvalue weighted by Crippen LogP contribution is 2.33. The van der Waals surface area contributed by atoms with Gasteiger partial charge in [0.2, 0.25) is 11.8 Å². The van der Waals surface area contributed by atoms with E-state index in [2.05, 4.69) is 20.8 Å². The fraction of sp³-hybridized carbons (Fsp3) is 0.550. The first-order valence-corrected chi connectivity index (χ1v) is 9.71. The number of aromatic nitrogens is 2. The van der Waals surface area contributed by atoms with E-state index in [9.17, 15) is 9.18 Å². The Bertz CT molecular complexity index is 797. The molecule has 0 bridgehead atoms. The fourth-order valence-corrected chi connectivity index (χ4v) is 3.98. The third-order valence-corrected chi connectivity index (χ3v) is 5.72. The molecule has 2 aromatic rings. The Balaban J connectivity index is 1.31. The molecule has 2 aliphatic rings. The second-order valence-electron chi connectivity index (χ2n) is 7.69. The van der Waals surface area contributed by atoms with Gasteiger partial charge in [-0.05, 0) is 30.9 Å². The van der Waals surface area contributed by atoms with Crippen LogP contribution in [0.3, 0.4) is 0 Å². The summed E-state index contributed by atoms with van der Waals surface area (Å²) < 4.78 is 19.3. The lowest BCUT2D eigenvalue weighted by Gasteiger charge is -2.41. The molecule has 2 N–H and O–H groups in total. The summed E-state index contributed by atoms with van der Waals surface area (Å²) in [5.74, 6) is 1.44. The average molecular weight is 372 g/mol. The maximum atomic E-state index is 14.0. The SMILES string of the molecule is O=C(NCCc1noc(C2CCCC2)n1)C1(Cc2ccccc2F)CNC1. The highest BCUT2D eigenvalue weighted by molar-refractivity contribution is 5.84. The van der Waals surface area contributed by atoms with Crippen LogP contribution in [-0.4, -0.2) is 35.7 Å². The molecule has 1 aromatic carbocycles. The van der Waals surface area contributed by atoms with E-state index in [4.69, 9.17) is 4.52 Å². The Labute approximate surface area is 157 Å². The zero-order valence-corrected chi connectivity index (χ0v) is 15.3. The van der Waals surface area contributed by atoms with Crippen molar-refractivity contribution in [1.82, 2.24) is 20.8 Å². The first-order chi connectivity index (χ1) is 13.2. The summed E-state index contributed by atoms with van der Waals surface area (Å²) in [6.07, 6.45) is 5.60. The van der Waals surface area contributed by atoms with E-state index in [1.165, 1.54) is 18.9 Å². The topological polar surface area (TPSA) is 80.1 Å². The van der Waals surface area contributed by atoms with Crippen LogP contribution in [0.4, 0.5) is 4.39 Å². The number of benzene rings is 1. The molecule has 2 fully saturated rings. The van der Waals surface area contributed by atoms with E-state index in [1.54, 1.807) is 18.2 Å². The van der Waals surface area contributed by atoms with Crippen molar-refractivity contribution in [3.05, 3.63) is 47.4 Å². The highest BCUT2D eigenvalue weighted by atomic mass is 19.1. The number of amides is 1. The average Bonchev–Trinajstić information content (AvgIpc) is 3.31. The van der Waals surface area contributed by atoms with Crippen molar-refractivity contribution in [2.24, 2.45) is 5.41 Å².